The van der Waals surface area contributed by atoms with Crippen LogP contribution in [0.1, 0.15) is 18.4 Å². The van der Waals surface area contributed by atoms with Gasteiger partial charge in [-0.2, -0.15) is 0 Å². The lowest BCUT2D eigenvalue weighted by Gasteiger charge is -2.23. The van der Waals surface area contributed by atoms with Gasteiger partial charge in [0.2, 0.25) is 0 Å². The third kappa shape index (κ3) is 2.75. The summed E-state index contributed by atoms with van der Waals surface area (Å²) in [6.07, 6.45) is 3.55. The van der Waals surface area contributed by atoms with Gasteiger partial charge in [0.1, 0.15) is 0 Å². The Morgan fingerprint density at radius 2 is 1.75 bits per heavy atom. The molecule has 1 aliphatic heterocycles. The summed E-state index contributed by atoms with van der Waals surface area (Å²) < 4.78 is 2.07. The second-order valence-corrected chi connectivity index (χ2v) is 4.55. The van der Waals surface area contributed by atoms with Crippen LogP contribution in [-0.2, 0) is 6.42 Å². The largest absolute Gasteiger partial charge is 0.341 e. The molecule has 1 aromatic carbocycles. The van der Waals surface area contributed by atoms with Gasteiger partial charge in [-0.25, -0.2) is 0 Å². The Hall–Kier alpha value is -1.51. The lowest BCUT2D eigenvalue weighted by molar-refractivity contribution is -0.542. The molecule has 86 valence electrons. The molecule has 0 aliphatic carbocycles. The van der Waals surface area contributed by atoms with Crippen molar-refractivity contribution < 1.29 is 4.58 Å². The number of nitrogens with zero attached hydrogens (tertiary/aromatic N) is 1. The normalized spacial score (nSPS) is 20.8. The zero-order valence-electron chi connectivity index (χ0n) is 9.60. The van der Waals surface area contributed by atoms with E-state index in [1.54, 1.807) is 0 Å². The highest BCUT2D eigenvalue weighted by atomic mass is 15.1. The van der Waals surface area contributed by atoms with E-state index in [1.165, 1.54) is 24.8 Å². The SMILES string of the molecule is NC(N)=[N+]1CCC(Cc2ccccc2)CC1. The predicted molar refractivity (Wildman–Crippen MR) is 66.2 cm³/mol. The van der Waals surface area contributed by atoms with Crippen molar-refractivity contribution in [3.8, 4) is 0 Å². The molecule has 0 unspecified atom stereocenters. The number of rotatable bonds is 2. The van der Waals surface area contributed by atoms with Gasteiger partial charge in [-0.05, 0) is 30.7 Å². The van der Waals surface area contributed by atoms with E-state index in [0.717, 1.165) is 19.0 Å². The van der Waals surface area contributed by atoms with E-state index in [4.69, 9.17) is 11.5 Å². The monoisotopic (exact) mass is 218 g/mol. The molecule has 4 N–H and O–H groups in total. The van der Waals surface area contributed by atoms with Crippen molar-refractivity contribution in [1.82, 2.24) is 0 Å². The zero-order valence-corrected chi connectivity index (χ0v) is 9.60. The first-order valence-corrected chi connectivity index (χ1v) is 5.92. The summed E-state index contributed by atoms with van der Waals surface area (Å²) in [5.74, 6) is 1.25. The van der Waals surface area contributed by atoms with Gasteiger partial charge in [0.15, 0.2) is 0 Å². The number of hydrogen-bond donors (Lipinski definition) is 2. The van der Waals surface area contributed by atoms with E-state index in [1.807, 2.05) is 0 Å². The summed E-state index contributed by atoms with van der Waals surface area (Å²) >= 11 is 0. The van der Waals surface area contributed by atoms with Crippen LogP contribution >= 0.6 is 0 Å². The molecule has 0 atom stereocenters. The van der Waals surface area contributed by atoms with Crippen LogP contribution in [0.15, 0.2) is 30.3 Å². The highest BCUT2D eigenvalue weighted by Crippen LogP contribution is 2.19. The van der Waals surface area contributed by atoms with Crippen LogP contribution in [0.5, 0.6) is 0 Å². The van der Waals surface area contributed by atoms with Crippen molar-refractivity contribution >= 4 is 5.96 Å². The lowest BCUT2D eigenvalue weighted by Crippen LogP contribution is -2.40. The molecule has 1 fully saturated rings. The molecule has 0 radical (unpaired) electrons. The molecule has 0 saturated carbocycles. The Morgan fingerprint density at radius 1 is 1.12 bits per heavy atom. The van der Waals surface area contributed by atoms with Gasteiger partial charge in [0.05, 0.1) is 13.1 Å². The van der Waals surface area contributed by atoms with E-state index in [9.17, 15) is 0 Å². The first-order chi connectivity index (χ1) is 7.75. The van der Waals surface area contributed by atoms with Crippen LogP contribution in [0.2, 0.25) is 0 Å². The third-order valence-electron chi connectivity index (χ3n) is 3.35. The molecular weight excluding hydrogens is 198 g/mol. The molecule has 3 nitrogen and oxygen atoms in total. The van der Waals surface area contributed by atoms with E-state index in [-0.39, 0.29) is 0 Å². The summed E-state index contributed by atoms with van der Waals surface area (Å²) in [6.45, 7) is 2.00. The van der Waals surface area contributed by atoms with Crippen molar-refractivity contribution in [3.63, 3.8) is 0 Å². The van der Waals surface area contributed by atoms with Gasteiger partial charge in [-0.3, -0.25) is 16.0 Å². The van der Waals surface area contributed by atoms with Crippen molar-refractivity contribution in [2.45, 2.75) is 19.3 Å². The van der Waals surface area contributed by atoms with E-state index in [2.05, 4.69) is 34.9 Å². The number of hydrogen-bond acceptors (Lipinski definition) is 0. The van der Waals surface area contributed by atoms with Crippen molar-refractivity contribution in [2.24, 2.45) is 17.4 Å². The van der Waals surface area contributed by atoms with Gasteiger partial charge in [0.25, 0.3) is 0 Å². The topological polar surface area (TPSA) is 55.0 Å². The van der Waals surface area contributed by atoms with E-state index >= 15 is 0 Å². The molecule has 1 heterocycles. The fourth-order valence-electron chi connectivity index (χ4n) is 2.34. The van der Waals surface area contributed by atoms with Crippen molar-refractivity contribution in [1.29, 1.82) is 0 Å². The highest BCUT2D eigenvalue weighted by Gasteiger charge is 2.19. The molecule has 0 spiro atoms. The molecule has 0 bridgehead atoms. The highest BCUT2D eigenvalue weighted by molar-refractivity contribution is 5.70. The molecule has 2 rings (SSSR count). The molecule has 1 saturated heterocycles. The van der Waals surface area contributed by atoms with Crippen molar-refractivity contribution in [3.05, 3.63) is 35.9 Å². The quantitative estimate of drug-likeness (QED) is 0.573. The number of benzene rings is 1. The average Bonchev–Trinajstić information content (AvgIpc) is 2.31. The first kappa shape index (κ1) is 11.0. The van der Waals surface area contributed by atoms with Crippen LogP contribution in [0, 0.1) is 5.92 Å². The van der Waals surface area contributed by atoms with Crippen LogP contribution in [0.3, 0.4) is 0 Å². The third-order valence-corrected chi connectivity index (χ3v) is 3.35. The minimum atomic E-state index is 0.471. The van der Waals surface area contributed by atoms with Gasteiger partial charge in [-0.1, -0.05) is 30.3 Å². The van der Waals surface area contributed by atoms with Gasteiger partial charge in [-0.15, -0.1) is 0 Å². The fourth-order valence-corrected chi connectivity index (χ4v) is 2.34. The smallest absolute Gasteiger partial charge is 0.291 e. The van der Waals surface area contributed by atoms with E-state index < -0.39 is 0 Å². The van der Waals surface area contributed by atoms with Crippen LogP contribution in [0.4, 0.5) is 0 Å². The zero-order chi connectivity index (χ0) is 11.4. The summed E-state index contributed by atoms with van der Waals surface area (Å²) in [7, 11) is 0. The number of nitrogens with two attached hydrogens (primary N) is 2. The molecule has 16 heavy (non-hydrogen) atoms. The van der Waals surface area contributed by atoms with Crippen LogP contribution < -0.4 is 11.5 Å². The number of piperidine rings is 1. The summed E-state index contributed by atoms with van der Waals surface area (Å²) in [5.41, 5.74) is 12.6. The Kier molecular flexibility index (Phi) is 3.44. The fraction of sp³-hybridized carbons (Fsp3) is 0.462. The average molecular weight is 218 g/mol. The summed E-state index contributed by atoms with van der Waals surface area (Å²) in [4.78, 5) is 0. The minimum Gasteiger partial charge on any atom is -0.291 e. The Labute approximate surface area is 96.8 Å². The molecule has 3 heteroatoms. The Bertz CT molecular complexity index is 356. The van der Waals surface area contributed by atoms with Crippen molar-refractivity contribution in [2.75, 3.05) is 13.1 Å². The maximum absolute atomic E-state index is 5.59. The molecule has 0 amide bonds. The maximum Gasteiger partial charge on any atom is 0.341 e. The minimum absolute atomic E-state index is 0.471. The summed E-state index contributed by atoms with van der Waals surface area (Å²) in [5, 5.41) is 0. The predicted octanol–water partition coefficient (Wildman–Crippen LogP) is 0.925. The summed E-state index contributed by atoms with van der Waals surface area (Å²) in [6, 6.07) is 10.7. The lowest BCUT2D eigenvalue weighted by atomic mass is 9.91. The number of guanidine groups is 1. The molecule has 1 aliphatic rings. The second-order valence-electron chi connectivity index (χ2n) is 4.55. The molecule has 1 aromatic rings. The maximum atomic E-state index is 5.59. The Balaban J connectivity index is 1.89. The van der Waals surface area contributed by atoms with E-state index in [0.29, 0.717) is 5.96 Å². The van der Waals surface area contributed by atoms with Gasteiger partial charge >= 0.3 is 5.96 Å². The van der Waals surface area contributed by atoms with Gasteiger partial charge < -0.3 is 0 Å². The second kappa shape index (κ2) is 5.01. The van der Waals surface area contributed by atoms with Gasteiger partial charge in [0, 0.05) is 0 Å². The van der Waals surface area contributed by atoms with Crippen LogP contribution in [-0.4, -0.2) is 23.6 Å². The first-order valence-electron chi connectivity index (χ1n) is 5.92. The Morgan fingerprint density at radius 3 is 2.31 bits per heavy atom. The molecule has 0 aromatic heterocycles. The van der Waals surface area contributed by atoms with Crippen LogP contribution in [0.25, 0.3) is 0 Å². The standard InChI is InChI=1S/C13H19N3/c14-13(15)16-8-6-12(7-9-16)10-11-4-2-1-3-5-11/h1-5,12H,6-10H2,(H3,14,15)/p+1. The molecular formula is C13H20N3+.